The average Bonchev–Trinajstić information content (AvgIpc) is 3.29. The quantitative estimate of drug-likeness (QED) is 0.514. The molecule has 4 aromatic rings. The van der Waals surface area contributed by atoms with E-state index in [1.54, 1.807) is 23.3 Å². The van der Waals surface area contributed by atoms with Crippen molar-refractivity contribution in [2.45, 2.75) is 26.3 Å². The fourth-order valence-electron chi connectivity index (χ4n) is 2.89. The Bertz CT molecular complexity index is 1060. The lowest BCUT2D eigenvalue weighted by Crippen LogP contribution is -2.19. The molecule has 0 aliphatic carbocycles. The smallest absolute Gasteiger partial charge is 0.246 e. The van der Waals surface area contributed by atoms with Gasteiger partial charge in [0.2, 0.25) is 11.7 Å². The van der Waals surface area contributed by atoms with Gasteiger partial charge in [-0.1, -0.05) is 12.1 Å². The number of aromatic nitrogens is 7. The number of nitrogens with zero attached hydrogens (tertiary/aromatic N) is 8. The van der Waals surface area contributed by atoms with Crippen molar-refractivity contribution < 1.29 is 4.52 Å². The van der Waals surface area contributed by atoms with Crippen LogP contribution in [0.4, 0.5) is 5.82 Å². The molecule has 0 radical (unpaired) electrons. The molecule has 9 nitrogen and oxygen atoms in total. The number of pyridine rings is 1. The van der Waals surface area contributed by atoms with Gasteiger partial charge in [-0.25, -0.2) is 9.97 Å². The summed E-state index contributed by atoms with van der Waals surface area (Å²) in [5.74, 6) is 2.66. The third kappa shape index (κ3) is 3.35. The van der Waals surface area contributed by atoms with Crippen LogP contribution >= 0.6 is 0 Å². The van der Waals surface area contributed by atoms with E-state index in [0.717, 1.165) is 41.1 Å². The molecule has 0 atom stereocenters. The fourth-order valence-corrected chi connectivity index (χ4v) is 2.89. The third-order valence-corrected chi connectivity index (χ3v) is 4.23. The van der Waals surface area contributed by atoms with Gasteiger partial charge in [-0.3, -0.25) is 9.67 Å². The number of rotatable bonds is 6. The zero-order valence-electron chi connectivity index (χ0n) is 15.5. The number of hydrogen-bond acceptors (Lipinski definition) is 8. The Morgan fingerprint density at radius 2 is 1.96 bits per heavy atom. The van der Waals surface area contributed by atoms with Crippen LogP contribution in [0.25, 0.3) is 22.4 Å². The summed E-state index contributed by atoms with van der Waals surface area (Å²) in [4.78, 5) is 19.8. The van der Waals surface area contributed by atoms with Crippen LogP contribution in [0.1, 0.15) is 25.1 Å². The summed E-state index contributed by atoms with van der Waals surface area (Å²) in [6, 6.07) is 3.69. The van der Waals surface area contributed by atoms with Gasteiger partial charge in [0, 0.05) is 38.5 Å². The van der Waals surface area contributed by atoms with Crippen molar-refractivity contribution >= 4 is 16.9 Å². The molecule has 138 valence electrons. The van der Waals surface area contributed by atoms with Crippen LogP contribution in [0.3, 0.4) is 0 Å². The molecule has 4 heterocycles. The maximum absolute atomic E-state index is 5.42. The highest BCUT2D eigenvalue weighted by Gasteiger charge is 2.17. The molecular weight excluding hydrogens is 344 g/mol. The van der Waals surface area contributed by atoms with Crippen molar-refractivity contribution in [3.8, 4) is 11.4 Å². The van der Waals surface area contributed by atoms with E-state index in [4.69, 9.17) is 9.51 Å². The second-order valence-electron chi connectivity index (χ2n) is 6.32. The van der Waals surface area contributed by atoms with Crippen molar-refractivity contribution in [3.63, 3.8) is 0 Å². The summed E-state index contributed by atoms with van der Waals surface area (Å²) >= 11 is 0. The molecule has 0 N–H and O–H groups in total. The Morgan fingerprint density at radius 1 is 1.15 bits per heavy atom. The minimum Gasteiger partial charge on any atom is -0.350 e. The highest BCUT2D eigenvalue weighted by Crippen LogP contribution is 2.24. The van der Waals surface area contributed by atoms with Crippen molar-refractivity contribution in [1.29, 1.82) is 0 Å². The van der Waals surface area contributed by atoms with E-state index in [-0.39, 0.29) is 0 Å². The van der Waals surface area contributed by atoms with Gasteiger partial charge >= 0.3 is 0 Å². The molecular formula is C18H20N8O. The number of fused-ring (bicyclic) bond motifs is 1. The van der Waals surface area contributed by atoms with Crippen molar-refractivity contribution in [1.82, 2.24) is 34.9 Å². The first-order chi connectivity index (χ1) is 13.2. The first kappa shape index (κ1) is 17.1. The molecule has 9 heteroatoms. The molecule has 0 aromatic carbocycles. The highest BCUT2D eigenvalue weighted by molar-refractivity contribution is 5.86. The average molecular weight is 364 g/mol. The Labute approximate surface area is 156 Å². The summed E-state index contributed by atoms with van der Waals surface area (Å²) in [7, 11) is 3.83. The summed E-state index contributed by atoms with van der Waals surface area (Å²) in [6.07, 6.45) is 6.98. The summed E-state index contributed by atoms with van der Waals surface area (Å²) in [5.41, 5.74) is 1.68. The monoisotopic (exact) mass is 364 g/mol. The molecule has 0 aliphatic rings. The molecule has 4 rings (SSSR count). The predicted octanol–water partition coefficient (Wildman–Crippen LogP) is 2.40. The van der Waals surface area contributed by atoms with E-state index in [1.165, 1.54) is 0 Å². The molecule has 0 saturated carbocycles. The second kappa shape index (κ2) is 7.10. The van der Waals surface area contributed by atoms with Gasteiger partial charge in [0.1, 0.15) is 11.6 Å². The minimum atomic E-state index is 0.435. The first-order valence-electron chi connectivity index (χ1n) is 8.78. The first-order valence-corrected chi connectivity index (χ1v) is 8.78. The summed E-state index contributed by atoms with van der Waals surface area (Å²) in [6.45, 7) is 2.55. The van der Waals surface area contributed by atoms with Crippen LogP contribution in [0.5, 0.6) is 0 Å². The summed E-state index contributed by atoms with van der Waals surface area (Å²) < 4.78 is 7.18. The molecule has 0 saturated heterocycles. The van der Waals surface area contributed by atoms with Crippen LogP contribution in [-0.2, 0) is 20.0 Å². The van der Waals surface area contributed by atoms with E-state index >= 15 is 0 Å². The molecule has 0 spiro atoms. The van der Waals surface area contributed by atoms with Crippen LogP contribution in [0.15, 0.2) is 35.2 Å². The van der Waals surface area contributed by atoms with E-state index in [1.807, 2.05) is 31.1 Å². The Balaban J connectivity index is 1.63. The van der Waals surface area contributed by atoms with Gasteiger partial charge in [0.25, 0.3) is 0 Å². The van der Waals surface area contributed by atoms with Crippen LogP contribution in [-0.4, -0.2) is 41.9 Å². The standard InChI is InChI=1S/C18H20N8O/c1-4-5-14-21-17(13-10-20-26(3)18(13)22-14)25(2)11-15-23-16(24-27-15)12-6-8-19-9-7-12/h6-10H,4-5,11H2,1-3H3. The molecule has 4 aromatic heterocycles. The third-order valence-electron chi connectivity index (χ3n) is 4.23. The predicted molar refractivity (Wildman–Crippen MR) is 99.9 cm³/mol. The highest BCUT2D eigenvalue weighted by atomic mass is 16.5. The van der Waals surface area contributed by atoms with E-state index in [9.17, 15) is 0 Å². The Hall–Kier alpha value is -3.36. The Kier molecular flexibility index (Phi) is 4.49. The normalized spacial score (nSPS) is 11.2. The van der Waals surface area contributed by atoms with Gasteiger partial charge in [-0.05, 0) is 18.6 Å². The van der Waals surface area contributed by atoms with E-state index < -0.39 is 0 Å². The lowest BCUT2D eigenvalue weighted by molar-refractivity contribution is 0.378. The number of aryl methyl sites for hydroxylation is 2. The van der Waals surface area contributed by atoms with Crippen molar-refractivity contribution in [2.24, 2.45) is 7.05 Å². The van der Waals surface area contributed by atoms with Crippen LogP contribution in [0, 0.1) is 0 Å². The molecule has 0 fully saturated rings. The van der Waals surface area contributed by atoms with E-state index in [2.05, 4.69) is 32.1 Å². The lowest BCUT2D eigenvalue weighted by atomic mass is 10.2. The van der Waals surface area contributed by atoms with Crippen molar-refractivity contribution in [2.75, 3.05) is 11.9 Å². The van der Waals surface area contributed by atoms with Gasteiger partial charge in [0.05, 0.1) is 18.1 Å². The van der Waals surface area contributed by atoms with Crippen LogP contribution in [0.2, 0.25) is 0 Å². The van der Waals surface area contributed by atoms with Gasteiger partial charge < -0.3 is 9.42 Å². The fraction of sp³-hybridized carbons (Fsp3) is 0.333. The maximum atomic E-state index is 5.42. The van der Waals surface area contributed by atoms with Gasteiger partial charge in [-0.15, -0.1) is 0 Å². The number of anilines is 1. The largest absolute Gasteiger partial charge is 0.350 e. The SMILES string of the molecule is CCCc1nc(N(C)Cc2nc(-c3ccncc3)no2)c2cnn(C)c2n1. The Morgan fingerprint density at radius 3 is 2.74 bits per heavy atom. The van der Waals surface area contributed by atoms with E-state index in [0.29, 0.717) is 18.3 Å². The van der Waals surface area contributed by atoms with Gasteiger partial charge in [-0.2, -0.15) is 10.1 Å². The molecule has 0 aliphatic heterocycles. The maximum Gasteiger partial charge on any atom is 0.246 e. The molecule has 27 heavy (non-hydrogen) atoms. The second-order valence-corrected chi connectivity index (χ2v) is 6.32. The molecule has 0 unspecified atom stereocenters. The minimum absolute atomic E-state index is 0.435. The van der Waals surface area contributed by atoms with Gasteiger partial charge in [0.15, 0.2) is 5.65 Å². The molecule has 0 amide bonds. The van der Waals surface area contributed by atoms with Crippen molar-refractivity contribution in [3.05, 3.63) is 42.4 Å². The number of hydrogen-bond donors (Lipinski definition) is 0. The zero-order valence-corrected chi connectivity index (χ0v) is 15.5. The lowest BCUT2D eigenvalue weighted by Gasteiger charge is -2.17. The van der Waals surface area contributed by atoms with Crippen LogP contribution < -0.4 is 4.90 Å². The zero-order chi connectivity index (χ0) is 18.8. The summed E-state index contributed by atoms with van der Waals surface area (Å²) in [5, 5.41) is 9.27. The topological polar surface area (TPSA) is 98.6 Å². The molecule has 0 bridgehead atoms.